The number of hydrogen-bond acceptors (Lipinski definition) is 4. The molecule has 0 aliphatic heterocycles. The molecule has 3 rings (SSSR count). The smallest absolute Gasteiger partial charge is 0.251 e. The van der Waals surface area contributed by atoms with Gasteiger partial charge in [-0.1, -0.05) is 12.1 Å². The van der Waals surface area contributed by atoms with Gasteiger partial charge in [-0.2, -0.15) is 5.10 Å². The number of hydrogen-bond donors (Lipinski definition) is 1. The van der Waals surface area contributed by atoms with E-state index >= 15 is 0 Å². The second kappa shape index (κ2) is 7.36. The Morgan fingerprint density at radius 1 is 1.35 bits per heavy atom. The molecule has 26 heavy (non-hydrogen) atoms. The van der Waals surface area contributed by atoms with Gasteiger partial charge in [0, 0.05) is 0 Å². The zero-order valence-electron chi connectivity index (χ0n) is 14.6. The molecule has 7 nitrogen and oxygen atoms in total. The molecule has 136 valence electrons. The van der Waals surface area contributed by atoms with Crippen LogP contribution < -0.4 is 5.32 Å². The van der Waals surface area contributed by atoms with E-state index < -0.39 is 6.04 Å². The highest BCUT2D eigenvalue weighted by molar-refractivity contribution is 9.10. The zero-order chi connectivity index (χ0) is 18.8. The van der Waals surface area contributed by atoms with Gasteiger partial charge in [0.2, 0.25) is 5.95 Å². The highest BCUT2D eigenvalue weighted by Gasteiger charge is 2.21. The Hall–Kier alpha value is -2.55. The maximum absolute atomic E-state index is 13.2. The van der Waals surface area contributed by atoms with Crippen LogP contribution in [0.1, 0.15) is 29.9 Å². The number of rotatable bonds is 5. The SMILES string of the molecule is Cc1nn(C(C)C(=O)Nc2ncn(Cc3cccc(F)c3)n2)c(C)c1Br. The van der Waals surface area contributed by atoms with Crippen molar-refractivity contribution >= 4 is 27.8 Å². The first-order valence-corrected chi connectivity index (χ1v) is 8.80. The molecule has 1 amide bonds. The van der Waals surface area contributed by atoms with Crippen LogP contribution in [0.25, 0.3) is 0 Å². The van der Waals surface area contributed by atoms with Crippen molar-refractivity contribution in [3.05, 3.63) is 57.8 Å². The van der Waals surface area contributed by atoms with Gasteiger partial charge in [-0.25, -0.2) is 14.1 Å². The number of nitrogens with one attached hydrogen (secondary N) is 1. The van der Waals surface area contributed by atoms with E-state index in [1.165, 1.54) is 23.1 Å². The predicted molar refractivity (Wildman–Crippen MR) is 98.3 cm³/mol. The number of carbonyl (C=O) groups excluding carboxylic acids is 1. The molecule has 0 saturated heterocycles. The molecule has 1 aromatic carbocycles. The number of benzene rings is 1. The topological polar surface area (TPSA) is 77.6 Å². The van der Waals surface area contributed by atoms with Crippen molar-refractivity contribution < 1.29 is 9.18 Å². The molecule has 0 bridgehead atoms. The van der Waals surface area contributed by atoms with Crippen molar-refractivity contribution in [2.75, 3.05) is 5.32 Å². The van der Waals surface area contributed by atoms with Crippen LogP contribution in [-0.2, 0) is 11.3 Å². The first-order chi connectivity index (χ1) is 12.3. The third-order valence-corrected chi connectivity index (χ3v) is 5.14. The molecule has 2 aromatic heterocycles. The van der Waals surface area contributed by atoms with Crippen molar-refractivity contribution in [3.8, 4) is 0 Å². The summed E-state index contributed by atoms with van der Waals surface area (Å²) < 4.78 is 17.3. The van der Waals surface area contributed by atoms with Crippen molar-refractivity contribution in [3.63, 3.8) is 0 Å². The summed E-state index contributed by atoms with van der Waals surface area (Å²) in [7, 11) is 0. The predicted octanol–water partition coefficient (Wildman–Crippen LogP) is 3.24. The molecule has 3 aromatic rings. The normalized spacial score (nSPS) is 12.2. The molecule has 0 saturated carbocycles. The Kier molecular flexibility index (Phi) is 5.17. The van der Waals surface area contributed by atoms with Crippen LogP contribution in [-0.4, -0.2) is 30.5 Å². The summed E-state index contributed by atoms with van der Waals surface area (Å²) in [6, 6.07) is 5.73. The summed E-state index contributed by atoms with van der Waals surface area (Å²) in [6.45, 7) is 5.87. The lowest BCUT2D eigenvalue weighted by Crippen LogP contribution is -2.25. The van der Waals surface area contributed by atoms with Crippen molar-refractivity contribution in [1.82, 2.24) is 24.5 Å². The molecule has 1 N–H and O–H groups in total. The Morgan fingerprint density at radius 2 is 2.12 bits per heavy atom. The molecular formula is C17H18BrFN6O. The summed E-state index contributed by atoms with van der Waals surface area (Å²) in [5, 5.41) is 11.3. The minimum atomic E-state index is -0.518. The van der Waals surface area contributed by atoms with E-state index in [-0.39, 0.29) is 17.7 Å². The number of carbonyl (C=O) groups is 1. The molecule has 2 heterocycles. The molecule has 0 aliphatic rings. The third-order valence-electron chi connectivity index (χ3n) is 3.99. The molecule has 1 unspecified atom stereocenters. The fraction of sp³-hybridized carbons (Fsp3) is 0.294. The number of halogens is 2. The van der Waals surface area contributed by atoms with Crippen LogP contribution in [0, 0.1) is 19.7 Å². The number of aryl methyl sites for hydroxylation is 1. The second-order valence-electron chi connectivity index (χ2n) is 5.99. The highest BCUT2D eigenvalue weighted by Crippen LogP contribution is 2.23. The Morgan fingerprint density at radius 3 is 2.77 bits per heavy atom. The lowest BCUT2D eigenvalue weighted by Gasteiger charge is -2.13. The molecule has 1 atom stereocenters. The summed E-state index contributed by atoms with van der Waals surface area (Å²) in [4.78, 5) is 16.6. The van der Waals surface area contributed by atoms with Crippen molar-refractivity contribution in [1.29, 1.82) is 0 Å². The van der Waals surface area contributed by atoms with E-state index in [0.29, 0.717) is 6.54 Å². The second-order valence-corrected chi connectivity index (χ2v) is 6.78. The molecule has 0 radical (unpaired) electrons. The van der Waals surface area contributed by atoms with Crippen LogP contribution in [0.5, 0.6) is 0 Å². The lowest BCUT2D eigenvalue weighted by molar-refractivity contribution is -0.119. The van der Waals surface area contributed by atoms with Gasteiger partial charge in [-0.05, 0) is 54.4 Å². The first-order valence-electron chi connectivity index (χ1n) is 8.01. The number of amides is 1. The van der Waals surface area contributed by atoms with Gasteiger partial charge in [0.1, 0.15) is 18.2 Å². The zero-order valence-corrected chi connectivity index (χ0v) is 16.2. The molecular weight excluding hydrogens is 403 g/mol. The molecule has 0 fully saturated rings. The standard InChI is InChI=1S/C17H18BrFN6O/c1-10-15(18)11(2)25(22-10)12(3)16(26)21-17-20-9-24(23-17)8-13-5-4-6-14(19)7-13/h4-7,9,12H,8H2,1-3H3,(H,21,23,26). The van der Waals surface area contributed by atoms with E-state index in [4.69, 9.17) is 0 Å². The lowest BCUT2D eigenvalue weighted by atomic mass is 10.2. The van der Waals surface area contributed by atoms with E-state index in [2.05, 4.69) is 36.4 Å². The van der Waals surface area contributed by atoms with Crippen LogP contribution in [0.4, 0.5) is 10.3 Å². The van der Waals surface area contributed by atoms with E-state index in [0.717, 1.165) is 21.4 Å². The van der Waals surface area contributed by atoms with Crippen LogP contribution >= 0.6 is 15.9 Å². The van der Waals surface area contributed by atoms with Crippen molar-refractivity contribution in [2.24, 2.45) is 0 Å². The number of aromatic nitrogens is 5. The van der Waals surface area contributed by atoms with Crippen LogP contribution in [0.2, 0.25) is 0 Å². The monoisotopic (exact) mass is 420 g/mol. The minimum absolute atomic E-state index is 0.193. The maximum Gasteiger partial charge on any atom is 0.251 e. The number of nitrogens with zero attached hydrogens (tertiary/aromatic N) is 5. The van der Waals surface area contributed by atoms with Gasteiger partial charge in [0.15, 0.2) is 0 Å². The average molecular weight is 421 g/mol. The fourth-order valence-corrected chi connectivity index (χ4v) is 2.86. The van der Waals surface area contributed by atoms with Crippen LogP contribution in [0.15, 0.2) is 35.1 Å². The average Bonchev–Trinajstić information content (AvgIpc) is 3.13. The van der Waals surface area contributed by atoms with E-state index in [1.807, 2.05) is 13.8 Å². The van der Waals surface area contributed by atoms with Crippen molar-refractivity contribution in [2.45, 2.75) is 33.4 Å². The largest absolute Gasteiger partial charge is 0.291 e. The molecule has 0 spiro atoms. The Labute approximate surface area is 158 Å². The van der Waals surface area contributed by atoms with Gasteiger partial charge in [-0.15, -0.1) is 5.10 Å². The molecule has 9 heteroatoms. The van der Waals surface area contributed by atoms with Gasteiger partial charge in [-0.3, -0.25) is 14.8 Å². The Balaban J connectivity index is 1.68. The first kappa shape index (κ1) is 18.2. The number of anilines is 1. The van der Waals surface area contributed by atoms with Crippen LogP contribution in [0.3, 0.4) is 0 Å². The third kappa shape index (κ3) is 3.82. The summed E-state index contributed by atoms with van der Waals surface area (Å²) >= 11 is 3.45. The van der Waals surface area contributed by atoms with E-state index in [9.17, 15) is 9.18 Å². The van der Waals surface area contributed by atoms with E-state index in [1.54, 1.807) is 23.7 Å². The molecule has 0 aliphatic carbocycles. The fourth-order valence-electron chi connectivity index (χ4n) is 2.60. The van der Waals surface area contributed by atoms with Gasteiger partial charge in [0.25, 0.3) is 5.91 Å². The minimum Gasteiger partial charge on any atom is -0.291 e. The summed E-state index contributed by atoms with van der Waals surface area (Å²) in [5.74, 6) is -0.383. The Bertz CT molecular complexity index is 951. The summed E-state index contributed by atoms with van der Waals surface area (Å²) in [5.41, 5.74) is 2.45. The van der Waals surface area contributed by atoms with Gasteiger partial charge < -0.3 is 0 Å². The maximum atomic E-state index is 13.2. The quantitative estimate of drug-likeness (QED) is 0.686. The highest BCUT2D eigenvalue weighted by atomic mass is 79.9. The van der Waals surface area contributed by atoms with Gasteiger partial charge in [0.05, 0.1) is 22.4 Å². The van der Waals surface area contributed by atoms with Gasteiger partial charge >= 0.3 is 0 Å². The summed E-state index contributed by atoms with van der Waals surface area (Å²) in [6.07, 6.45) is 1.49.